The fraction of sp³-hybridized carbons (Fsp3) is 0.400. The van der Waals surface area contributed by atoms with E-state index in [4.69, 9.17) is 11.5 Å². The first-order valence-corrected chi connectivity index (χ1v) is 5.34. The quantitative estimate of drug-likeness (QED) is 0.762. The minimum absolute atomic E-state index is 0.474. The number of halogens is 1. The molecule has 0 aliphatic heterocycles. The maximum Gasteiger partial charge on any atom is 0.0802 e. The van der Waals surface area contributed by atoms with Crippen molar-refractivity contribution in [3.8, 4) is 0 Å². The van der Waals surface area contributed by atoms with Crippen LogP contribution in [0.1, 0.15) is 23.7 Å². The maximum atomic E-state index is 9.72. The van der Waals surface area contributed by atoms with E-state index in [0.717, 1.165) is 15.6 Å². The molecular formula is C10H15BrN2O. The van der Waals surface area contributed by atoms with Crippen molar-refractivity contribution in [2.75, 3.05) is 6.54 Å². The van der Waals surface area contributed by atoms with Crippen molar-refractivity contribution in [3.05, 3.63) is 33.8 Å². The van der Waals surface area contributed by atoms with Gasteiger partial charge in [0.2, 0.25) is 0 Å². The van der Waals surface area contributed by atoms with Crippen molar-refractivity contribution in [2.45, 2.75) is 19.1 Å². The van der Waals surface area contributed by atoms with E-state index in [1.807, 2.05) is 18.2 Å². The van der Waals surface area contributed by atoms with Gasteiger partial charge in [0.25, 0.3) is 0 Å². The van der Waals surface area contributed by atoms with Crippen LogP contribution in [0.15, 0.2) is 22.7 Å². The minimum Gasteiger partial charge on any atom is -0.388 e. The molecule has 1 aromatic carbocycles. The Morgan fingerprint density at radius 2 is 2.00 bits per heavy atom. The lowest BCUT2D eigenvalue weighted by Crippen LogP contribution is -2.07. The summed E-state index contributed by atoms with van der Waals surface area (Å²) >= 11 is 3.38. The molecule has 0 aliphatic carbocycles. The molecule has 0 aliphatic rings. The highest BCUT2D eigenvalue weighted by Crippen LogP contribution is 2.22. The van der Waals surface area contributed by atoms with E-state index < -0.39 is 6.10 Å². The number of aliphatic hydroxyl groups excluding tert-OH is 1. The van der Waals surface area contributed by atoms with E-state index >= 15 is 0 Å². The zero-order valence-electron chi connectivity index (χ0n) is 7.91. The molecule has 0 saturated heterocycles. The summed E-state index contributed by atoms with van der Waals surface area (Å²) in [7, 11) is 0. The first kappa shape index (κ1) is 11.7. The van der Waals surface area contributed by atoms with Gasteiger partial charge in [0, 0.05) is 11.0 Å². The van der Waals surface area contributed by atoms with Crippen LogP contribution in [0.3, 0.4) is 0 Å². The van der Waals surface area contributed by atoms with Crippen LogP contribution in [0, 0.1) is 0 Å². The lowest BCUT2D eigenvalue weighted by molar-refractivity contribution is 0.170. The van der Waals surface area contributed by atoms with Crippen LogP contribution >= 0.6 is 15.9 Å². The molecule has 0 amide bonds. The Morgan fingerprint density at radius 3 is 2.57 bits per heavy atom. The highest BCUT2D eigenvalue weighted by molar-refractivity contribution is 9.10. The van der Waals surface area contributed by atoms with E-state index in [1.165, 1.54) is 0 Å². The van der Waals surface area contributed by atoms with Crippen LogP contribution in [0.5, 0.6) is 0 Å². The standard InChI is InChI=1S/C10H15BrN2O/c11-9-4-7(6-13)3-8(5-9)10(14)1-2-12/h3-5,10,14H,1-2,6,12-13H2. The van der Waals surface area contributed by atoms with Crippen LogP contribution in [-0.2, 0) is 6.54 Å². The van der Waals surface area contributed by atoms with Gasteiger partial charge in [-0.25, -0.2) is 0 Å². The molecule has 0 aromatic heterocycles. The summed E-state index contributed by atoms with van der Waals surface area (Å²) in [6.45, 7) is 0.952. The van der Waals surface area contributed by atoms with E-state index in [-0.39, 0.29) is 0 Å². The molecule has 1 rings (SSSR count). The van der Waals surface area contributed by atoms with Crippen LogP contribution < -0.4 is 11.5 Å². The van der Waals surface area contributed by atoms with Crippen LogP contribution in [0.25, 0.3) is 0 Å². The van der Waals surface area contributed by atoms with E-state index in [1.54, 1.807) is 0 Å². The molecule has 0 radical (unpaired) electrons. The first-order chi connectivity index (χ1) is 6.67. The molecule has 0 spiro atoms. The molecule has 14 heavy (non-hydrogen) atoms. The Bertz CT molecular complexity index is 304. The summed E-state index contributed by atoms with van der Waals surface area (Å²) in [6.07, 6.45) is 0.0725. The fourth-order valence-corrected chi connectivity index (χ4v) is 1.87. The highest BCUT2D eigenvalue weighted by atomic mass is 79.9. The first-order valence-electron chi connectivity index (χ1n) is 4.55. The zero-order valence-corrected chi connectivity index (χ0v) is 9.50. The van der Waals surface area contributed by atoms with Crippen molar-refractivity contribution < 1.29 is 5.11 Å². The van der Waals surface area contributed by atoms with Gasteiger partial charge in [-0.05, 0) is 36.2 Å². The largest absolute Gasteiger partial charge is 0.388 e. The van der Waals surface area contributed by atoms with Gasteiger partial charge < -0.3 is 16.6 Å². The Balaban J connectivity index is 2.90. The topological polar surface area (TPSA) is 72.3 Å². The summed E-state index contributed by atoms with van der Waals surface area (Å²) < 4.78 is 0.937. The van der Waals surface area contributed by atoms with Gasteiger partial charge in [0.15, 0.2) is 0 Å². The molecule has 0 fully saturated rings. The molecule has 0 saturated carbocycles. The monoisotopic (exact) mass is 258 g/mol. The highest BCUT2D eigenvalue weighted by Gasteiger charge is 2.07. The summed E-state index contributed by atoms with van der Waals surface area (Å²) in [5.41, 5.74) is 12.8. The lowest BCUT2D eigenvalue weighted by atomic mass is 10.0. The van der Waals surface area contributed by atoms with E-state index in [0.29, 0.717) is 19.5 Å². The molecular weight excluding hydrogens is 244 g/mol. The molecule has 5 N–H and O–H groups in total. The molecule has 1 unspecified atom stereocenters. The predicted molar refractivity (Wildman–Crippen MR) is 60.7 cm³/mol. The second kappa shape index (κ2) is 5.46. The maximum absolute atomic E-state index is 9.72. The summed E-state index contributed by atoms with van der Waals surface area (Å²) in [5, 5.41) is 9.72. The molecule has 78 valence electrons. The molecule has 1 aromatic rings. The third-order valence-electron chi connectivity index (χ3n) is 2.04. The average Bonchev–Trinajstić information content (AvgIpc) is 2.17. The predicted octanol–water partition coefficient (Wildman–Crippen LogP) is 1.29. The van der Waals surface area contributed by atoms with Crippen molar-refractivity contribution in [2.24, 2.45) is 11.5 Å². The molecule has 4 heteroatoms. The normalized spacial score (nSPS) is 12.9. The van der Waals surface area contributed by atoms with Gasteiger partial charge in [0.1, 0.15) is 0 Å². The Kier molecular flexibility index (Phi) is 4.54. The number of hydrogen-bond donors (Lipinski definition) is 3. The lowest BCUT2D eigenvalue weighted by Gasteiger charge is -2.11. The van der Waals surface area contributed by atoms with Gasteiger partial charge in [-0.2, -0.15) is 0 Å². The molecule has 3 nitrogen and oxygen atoms in total. The Morgan fingerprint density at radius 1 is 1.29 bits per heavy atom. The van der Waals surface area contributed by atoms with E-state index in [2.05, 4.69) is 15.9 Å². The smallest absolute Gasteiger partial charge is 0.0802 e. The Hall–Kier alpha value is -0.420. The Labute approximate surface area is 92.2 Å². The number of benzene rings is 1. The van der Waals surface area contributed by atoms with Crippen molar-refractivity contribution in [1.29, 1.82) is 0 Å². The third kappa shape index (κ3) is 3.06. The van der Waals surface area contributed by atoms with Crippen LogP contribution in [0.4, 0.5) is 0 Å². The average molecular weight is 259 g/mol. The second-order valence-electron chi connectivity index (χ2n) is 3.19. The summed E-state index contributed by atoms with van der Waals surface area (Å²) in [5.74, 6) is 0. The van der Waals surface area contributed by atoms with Crippen molar-refractivity contribution in [3.63, 3.8) is 0 Å². The molecule has 0 bridgehead atoms. The number of aliphatic hydroxyl groups is 1. The number of rotatable bonds is 4. The SMILES string of the molecule is NCCC(O)c1cc(Br)cc(CN)c1. The van der Waals surface area contributed by atoms with Gasteiger partial charge in [0.05, 0.1) is 6.10 Å². The van der Waals surface area contributed by atoms with Gasteiger partial charge >= 0.3 is 0 Å². The van der Waals surface area contributed by atoms with Gasteiger partial charge in [-0.15, -0.1) is 0 Å². The fourth-order valence-electron chi connectivity index (χ4n) is 1.31. The van der Waals surface area contributed by atoms with Crippen LogP contribution in [0.2, 0.25) is 0 Å². The molecule has 1 atom stereocenters. The van der Waals surface area contributed by atoms with Gasteiger partial charge in [-0.1, -0.05) is 22.0 Å². The van der Waals surface area contributed by atoms with Crippen molar-refractivity contribution >= 4 is 15.9 Å². The molecule has 0 heterocycles. The number of nitrogens with two attached hydrogens (primary N) is 2. The summed E-state index contributed by atoms with van der Waals surface area (Å²) in [6, 6.07) is 5.74. The van der Waals surface area contributed by atoms with Crippen LogP contribution in [-0.4, -0.2) is 11.7 Å². The minimum atomic E-state index is -0.497. The zero-order chi connectivity index (χ0) is 10.6. The summed E-state index contributed by atoms with van der Waals surface area (Å²) in [4.78, 5) is 0. The third-order valence-corrected chi connectivity index (χ3v) is 2.50. The van der Waals surface area contributed by atoms with Crippen molar-refractivity contribution in [1.82, 2.24) is 0 Å². The second-order valence-corrected chi connectivity index (χ2v) is 4.11. The van der Waals surface area contributed by atoms with E-state index in [9.17, 15) is 5.11 Å². The number of hydrogen-bond acceptors (Lipinski definition) is 3. The van der Waals surface area contributed by atoms with Gasteiger partial charge in [-0.3, -0.25) is 0 Å².